The van der Waals surface area contributed by atoms with E-state index in [4.69, 9.17) is 23.7 Å². The fourth-order valence-electron chi connectivity index (χ4n) is 3.70. The molecule has 9 nitrogen and oxygen atoms in total. The van der Waals surface area contributed by atoms with E-state index in [1.807, 2.05) is 0 Å². The number of aryl methyl sites for hydroxylation is 1. The topological polar surface area (TPSA) is 109 Å². The van der Waals surface area contributed by atoms with Crippen molar-refractivity contribution in [2.24, 2.45) is 0 Å². The lowest BCUT2D eigenvalue weighted by Crippen LogP contribution is -2.22. The van der Waals surface area contributed by atoms with Crippen molar-refractivity contribution >= 4 is 34.2 Å². The Balaban J connectivity index is 1.74. The molecule has 1 amide bonds. The number of methoxy groups -OCH3 is 3. The zero-order valence-corrected chi connectivity index (χ0v) is 20.8. The predicted molar refractivity (Wildman–Crippen MR) is 127 cm³/mol. The summed E-state index contributed by atoms with van der Waals surface area (Å²) >= 11 is 1.37. The third-order valence-electron chi connectivity index (χ3n) is 5.23. The van der Waals surface area contributed by atoms with Crippen LogP contribution in [0.4, 0.5) is 5.00 Å². The maximum atomic E-state index is 12.7. The molecule has 0 unspecified atom stereocenters. The lowest BCUT2D eigenvalue weighted by atomic mass is 9.95. The summed E-state index contributed by atoms with van der Waals surface area (Å²) < 4.78 is 26.3. The van der Waals surface area contributed by atoms with Gasteiger partial charge in [-0.3, -0.25) is 4.79 Å². The maximum Gasteiger partial charge on any atom is 0.342 e. The molecule has 1 heterocycles. The van der Waals surface area contributed by atoms with Crippen molar-refractivity contribution in [2.75, 3.05) is 33.3 Å². The molecule has 1 N–H and O–H groups in total. The number of carbonyl (C=O) groups is 3. The minimum atomic E-state index is -0.766. The van der Waals surface area contributed by atoms with Crippen LogP contribution in [0.5, 0.6) is 17.2 Å². The molecule has 1 aliphatic carbocycles. The van der Waals surface area contributed by atoms with E-state index < -0.39 is 24.5 Å². The van der Waals surface area contributed by atoms with Crippen molar-refractivity contribution in [2.45, 2.75) is 45.6 Å². The van der Waals surface area contributed by atoms with Gasteiger partial charge in [0.1, 0.15) is 16.3 Å². The molecule has 0 aliphatic heterocycles. The number of hydrogen-bond donors (Lipinski definition) is 1. The second-order valence-electron chi connectivity index (χ2n) is 7.90. The van der Waals surface area contributed by atoms with Crippen LogP contribution in [0.15, 0.2) is 12.1 Å². The Labute approximate surface area is 202 Å². The van der Waals surface area contributed by atoms with E-state index >= 15 is 0 Å². The highest BCUT2D eigenvalue weighted by Gasteiger charge is 2.28. The predicted octanol–water partition coefficient (Wildman–Crippen LogP) is 4.01. The lowest BCUT2D eigenvalue weighted by Gasteiger charge is -2.14. The van der Waals surface area contributed by atoms with Gasteiger partial charge in [0.25, 0.3) is 5.91 Å². The Morgan fingerprint density at radius 1 is 0.941 bits per heavy atom. The minimum Gasteiger partial charge on any atom is -0.496 e. The Morgan fingerprint density at radius 3 is 2.24 bits per heavy atom. The van der Waals surface area contributed by atoms with Crippen molar-refractivity contribution in [1.82, 2.24) is 0 Å². The number of carbonyl (C=O) groups excluding carboxylic acids is 3. The first-order chi connectivity index (χ1) is 16.3. The molecule has 1 aromatic heterocycles. The van der Waals surface area contributed by atoms with Crippen molar-refractivity contribution in [3.05, 3.63) is 33.7 Å². The molecular formula is C24H29NO8S. The average molecular weight is 492 g/mol. The molecule has 3 rings (SSSR count). The highest BCUT2D eigenvalue weighted by atomic mass is 32.1. The summed E-state index contributed by atoms with van der Waals surface area (Å²) in [6.45, 7) is 3.01. The van der Waals surface area contributed by atoms with Crippen LogP contribution < -0.4 is 19.5 Å². The first kappa shape index (κ1) is 25.4. The Kier molecular flexibility index (Phi) is 8.38. The summed E-state index contributed by atoms with van der Waals surface area (Å²) in [7, 11) is 4.31. The molecule has 2 aromatic rings. The summed E-state index contributed by atoms with van der Waals surface area (Å²) in [6.07, 6.45) is 3.34. The molecule has 0 atom stereocenters. The van der Waals surface area contributed by atoms with Crippen molar-refractivity contribution in [3.8, 4) is 17.2 Å². The van der Waals surface area contributed by atoms with E-state index in [1.165, 1.54) is 44.8 Å². The summed E-state index contributed by atoms with van der Waals surface area (Å²) in [5.41, 5.74) is 1.42. The van der Waals surface area contributed by atoms with Gasteiger partial charge in [0.2, 0.25) is 0 Å². The fraction of sp³-hybridized carbons (Fsp3) is 0.458. The molecular weight excluding hydrogens is 462 g/mol. The molecule has 1 aromatic carbocycles. The molecule has 1 aliphatic rings. The quantitative estimate of drug-likeness (QED) is 0.524. The smallest absolute Gasteiger partial charge is 0.342 e. The number of ether oxygens (including phenoxy) is 5. The molecule has 0 saturated carbocycles. The first-order valence-corrected chi connectivity index (χ1v) is 11.7. The van der Waals surface area contributed by atoms with E-state index in [0.29, 0.717) is 22.1 Å². The number of fused-ring (bicyclic) bond motifs is 1. The van der Waals surface area contributed by atoms with Gasteiger partial charge in [-0.05, 0) is 45.1 Å². The number of amides is 1. The summed E-state index contributed by atoms with van der Waals surface area (Å²) in [5, 5.41) is 3.14. The van der Waals surface area contributed by atoms with Gasteiger partial charge in [0, 0.05) is 17.0 Å². The maximum absolute atomic E-state index is 12.7. The standard InChI is InChI=1S/C24H29NO8S/c1-13(2)33-24(28)21-14-8-6-7-9-19(14)34-22(21)25-20(26)12-32-23(27)15-10-17(30-4)18(31-5)11-16(15)29-3/h10-11,13H,6-9,12H2,1-5H3,(H,25,26). The highest BCUT2D eigenvalue weighted by Crippen LogP contribution is 2.39. The van der Waals surface area contributed by atoms with Gasteiger partial charge in [-0.2, -0.15) is 0 Å². The fourth-order valence-corrected chi connectivity index (χ4v) is 5.00. The second kappa shape index (κ2) is 11.2. The molecule has 10 heteroatoms. The van der Waals surface area contributed by atoms with Gasteiger partial charge >= 0.3 is 11.9 Å². The van der Waals surface area contributed by atoms with Crippen LogP contribution in [0.3, 0.4) is 0 Å². The zero-order chi connectivity index (χ0) is 24.8. The lowest BCUT2D eigenvalue weighted by molar-refractivity contribution is -0.119. The number of benzene rings is 1. The van der Waals surface area contributed by atoms with Gasteiger partial charge in [-0.25, -0.2) is 9.59 Å². The van der Waals surface area contributed by atoms with E-state index in [-0.39, 0.29) is 17.4 Å². The molecule has 0 radical (unpaired) electrons. The Morgan fingerprint density at radius 2 is 1.59 bits per heavy atom. The van der Waals surface area contributed by atoms with Gasteiger partial charge in [-0.15, -0.1) is 11.3 Å². The van der Waals surface area contributed by atoms with Crippen molar-refractivity contribution in [3.63, 3.8) is 0 Å². The summed E-state index contributed by atoms with van der Waals surface area (Å²) in [4.78, 5) is 39.1. The number of anilines is 1. The van der Waals surface area contributed by atoms with Crippen molar-refractivity contribution < 1.29 is 38.1 Å². The number of thiophene rings is 1. The van der Waals surface area contributed by atoms with Crippen LogP contribution in [0.25, 0.3) is 0 Å². The van der Waals surface area contributed by atoms with Crippen LogP contribution in [0.2, 0.25) is 0 Å². The monoisotopic (exact) mass is 491 g/mol. The van der Waals surface area contributed by atoms with Crippen LogP contribution in [0.1, 0.15) is 57.8 Å². The van der Waals surface area contributed by atoms with Gasteiger partial charge < -0.3 is 29.0 Å². The van der Waals surface area contributed by atoms with Crippen LogP contribution in [-0.2, 0) is 27.1 Å². The van der Waals surface area contributed by atoms with Crippen molar-refractivity contribution in [1.29, 1.82) is 0 Å². The van der Waals surface area contributed by atoms with E-state index in [9.17, 15) is 14.4 Å². The minimum absolute atomic E-state index is 0.0840. The van der Waals surface area contributed by atoms with E-state index in [0.717, 1.165) is 36.1 Å². The largest absolute Gasteiger partial charge is 0.496 e. The number of hydrogen-bond acceptors (Lipinski definition) is 9. The molecule has 0 spiro atoms. The number of rotatable bonds is 9. The molecule has 0 saturated heterocycles. The summed E-state index contributed by atoms with van der Waals surface area (Å²) in [6, 6.07) is 2.92. The first-order valence-electron chi connectivity index (χ1n) is 10.9. The van der Waals surface area contributed by atoms with Gasteiger partial charge in [-0.1, -0.05) is 0 Å². The van der Waals surface area contributed by atoms with Crippen LogP contribution >= 0.6 is 11.3 Å². The van der Waals surface area contributed by atoms with E-state index in [2.05, 4.69) is 5.32 Å². The zero-order valence-electron chi connectivity index (χ0n) is 19.9. The van der Waals surface area contributed by atoms with Crippen LogP contribution in [0, 0.1) is 0 Å². The number of nitrogens with one attached hydrogen (secondary N) is 1. The average Bonchev–Trinajstić information content (AvgIpc) is 3.18. The SMILES string of the molecule is COc1cc(OC)c(C(=O)OCC(=O)Nc2sc3c(c2C(=O)OC(C)C)CCCC3)cc1OC. The third kappa shape index (κ3) is 5.61. The van der Waals surface area contributed by atoms with Crippen LogP contribution in [-0.4, -0.2) is 51.9 Å². The Bertz CT molecular complexity index is 1080. The Hall–Kier alpha value is -3.27. The molecule has 34 heavy (non-hydrogen) atoms. The summed E-state index contributed by atoms with van der Waals surface area (Å²) in [5.74, 6) is -0.874. The molecule has 184 valence electrons. The normalized spacial score (nSPS) is 12.5. The van der Waals surface area contributed by atoms with Gasteiger partial charge in [0.05, 0.1) is 33.0 Å². The molecule has 0 bridgehead atoms. The molecule has 0 fully saturated rings. The second-order valence-corrected chi connectivity index (χ2v) is 9.01. The highest BCUT2D eigenvalue weighted by molar-refractivity contribution is 7.17. The number of esters is 2. The third-order valence-corrected chi connectivity index (χ3v) is 6.44. The van der Waals surface area contributed by atoms with Gasteiger partial charge in [0.15, 0.2) is 18.1 Å². The van der Waals surface area contributed by atoms with E-state index in [1.54, 1.807) is 13.8 Å².